The normalized spacial score (nSPS) is 12.6. The van der Waals surface area contributed by atoms with E-state index in [1.54, 1.807) is 0 Å². The second kappa shape index (κ2) is 8.84. The third-order valence-corrected chi connectivity index (χ3v) is 3.76. The molecule has 0 saturated heterocycles. The van der Waals surface area contributed by atoms with Crippen LogP contribution in [-0.4, -0.2) is 18.6 Å². The van der Waals surface area contributed by atoms with Crippen molar-refractivity contribution in [3.63, 3.8) is 0 Å². The fourth-order valence-corrected chi connectivity index (χ4v) is 2.45. The lowest BCUT2D eigenvalue weighted by molar-refractivity contribution is 0.545. The van der Waals surface area contributed by atoms with Crippen LogP contribution in [0.15, 0.2) is 24.3 Å². The van der Waals surface area contributed by atoms with Gasteiger partial charge in [-0.05, 0) is 56.0 Å². The van der Waals surface area contributed by atoms with Crippen LogP contribution in [0.25, 0.3) is 0 Å². The van der Waals surface area contributed by atoms with Gasteiger partial charge in [-0.15, -0.1) is 0 Å². The molecule has 0 aliphatic heterocycles. The van der Waals surface area contributed by atoms with E-state index in [1.807, 2.05) is 30.0 Å². The number of unbranched alkanes of at least 4 members (excludes halogenated alkanes) is 2. The van der Waals surface area contributed by atoms with Crippen molar-refractivity contribution in [3.8, 4) is 0 Å². The fraction of sp³-hybridized carbons (Fsp3) is 0.571. The quantitative estimate of drug-likeness (QED) is 0.698. The maximum absolute atomic E-state index is 5.98. The van der Waals surface area contributed by atoms with E-state index in [2.05, 4.69) is 24.6 Å². The SMILES string of the molecule is CSCCCCCNC(C)c1cccc(Cl)c1. The zero-order valence-corrected chi connectivity index (χ0v) is 12.3. The summed E-state index contributed by atoms with van der Waals surface area (Å²) in [5.74, 6) is 1.28. The molecular weight excluding hydrogens is 250 g/mol. The average Bonchev–Trinajstić information content (AvgIpc) is 2.33. The summed E-state index contributed by atoms with van der Waals surface area (Å²) in [5, 5.41) is 4.35. The molecule has 17 heavy (non-hydrogen) atoms. The van der Waals surface area contributed by atoms with Gasteiger partial charge in [0.1, 0.15) is 0 Å². The van der Waals surface area contributed by atoms with Crippen molar-refractivity contribution >= 4 is 23.4 Å². The molecule has 1 atom stereocenters. The smallest absolute Gasteiger partial charge is 0.0409 e. The van der Waals surface area contributed by atoms with E-state index >= 15 is 0 Å². The van der Waals surface area contributed by atoms with Crippen LogP contribution in [0.1, 0.15) is 37.8 Å². The van der Waals surface area contributed by atoms with Crippen LogP contribution in [0.5, 0.6) is 0 Å². The Labute approximate surface area is 114 Å². The topological polar surface area (TPSA) is 12.0 Å². The number of rotatable bonds is 8. The van der Waals surface area contributed by atoms with E-state index in [9.17, 15) is 0 Å². The van der Waals surface area contributed by atoms with Gasteiger partial charge < -0.3 is 5.32 Å². The summed E-state index contributed by atoms with van der Waals surface area (Å²) in [6.07, 6.45) is 6.06. The Morgan fingerprint density at radius 2 is 2.12 bits per heavy atom. The van der Waals surface area contributed by atoms with Crippen LogP contribution in [-0.2, 0) is 0 Å². The highest BCUT2D eigenvalue weighted by Crippen LogP contribution is 2.17. The molecule has 0 fully saturated rings. The summed E-state index contributed by atoms with van der Waals surface area (Å²) in [5.41, 5.74) is 1.27. The van der Waals surface area contributed by atoms with Gasteiger partial charge in [-0.1, -0.05) is 30.2 Å². The lowest BCUT2D eigenvalue weighted by Crippen LogP contribution is -2.19. The number of nitrogens with one attached hydrogen (secondary N) is 1. The molecule has 0 radical (unpaired) electrons. The lowest BCUT2D eigenvalue weighted by Gasteiger charge is -2.14. The van der Waals surface area contributed by atoms with Gasteiger partial charge in [0.15, 0.2) is 0 Å². The average molecular weight is 272 g/mol. The monoisotopic (exact) mass is 271 g/mol. The Morgan fingerprint density at radius 3 is 2.82 bits per heavy atom. The number of halogens is 1. The van der Waals surface area contributed by atoms with Crippen LogP contribution < -0.4 is 5.32 Å². The summed E-state index contributed by atoms with van der Waals surface area (Å²) in [7, 11) is 0. The third kappa shape index (κ3) is 6.35. The minimum Gasteiger partial charge on any atom is -0.310 e. The number of hydrogen-bond acceptors (Lipinski definition) is 2. The molecule has 0 spiro atoms. The molecule has 0 aliphatic rings. The van der Waals surface area contributed by atoms with E-state index in [4.69, 9.17) is 11.6 Å². The van der Waals surface area contributed by atoms with Gasteiger partial charge in [-0.25, -0.2) is 0 Å². The second-order valence-electron chi connectivity index (χ2n) is 4.28. The minimum atomic E-state index is 0.384. The van der Waals surface area contributed by atoms with Gasteiger partial charge in [-0.3, -0.25) is 0 Å². The molecule has 1 rings (SSSR count). The van der Waals surface area contributed by atoms with Gasteiger partial charge in [0.2, 0.25) is 0 Å². The molecule has 0 amide bonds. The van der Waals surface area contributed by atoms with E-state index in [-0.39, 0.29) is 0 Å². The Hall–Kier alpha value is -0.180. The van der Waals surface area contributed by atoms with Gasteiger partial charge in [0, 0.05) is 11.1 Å². The van der Waals surface area contributed by atoms with Gasteiger partial charge >= 0.3 is 0 Å². The van der Waals surface area contributed by atoms with Crippen LogP contribution in [0, 0.1) is 0 Å². The largest absolute Gasteiger partial charge is 0.310 e. The zero-order valence-electron chi connectivity index (χ0n) is 10.7. The molecule has 0 aromatic heterocycles. The molecule has 1 unspecified atom stereocenters. The highest BCUT2D eigenvalue weighted by molar-refractivity contribution is 7.98. The first-order valence-electron chi connectivity index (χ1n) is 6.22. The molecule has 1 aromatic rings. The van der Waals surface area contributed by atoms with Gasteiger partial charge in [0.25, 0.3) is 0 Å². The first-order valence-corrected chi connectivity index (χ1v) is 7.99. The molecule has 1 N–H and O–H groups in total. The predicted molar refractivity (Wildman–Crippen MR) is 80.1 cm³/mol. The maximum Gasteiger partial charge on any atom is 0.0409 e. The van der Waals surface area contributed by atoms with Gasteiger partial charge in [-0.2, -0.15) is 11.8 Å². The molecule has 1 nitrogen and oxygen atoms in total. The Balaban J connectivity index is 2.19. The third-order valence-electron chi connectivity index (χ3n) is 2.82. The van der Waals surface area contributed by atoms with E-state index in [0.717, 1.165) is 11.6 Å². The summed E-state index contributed by atoms with van der Waals surface area (Å²) in [4.78, 5) is 0. The maximum atomic E-state index is 5.98. The Morgan fingerprint density at radius 1 is 1.29 bits per heavy atom. The van der Waals surface area contributed by atoms with Crippen molar-refractivity contribution in [1.29, 1.82) is 0 Å². The number of hydrogen-bond donors (Lipinski definition) is 1. The molecule has 96 valence electrons. The van der Waals surface area contributed by atoms with E-state index in [1.165, 1.54) is 30.6 Å². The van der Waals surface area contributed by atoms with Gasteiger partial charge in [0.05, 0.1) is 0 Å². The van der Waals surface area contributed by atoms with Crippen LogP contribution in [0.3, 0.4) is 0 Å². The predicted octanol–water partition coefficient (Wildman–Crippen LogP) is 4.52. The summed E-state index contributed by atoms with van der Waals surface area (Å²) in [6, 6.07) is 8.47. The lowest BCUT2D eigenvalue weighted by atomic mass is 10.1. The summed E-state index contributed by atoms with van der Waals surface area (Å²) >= 11 is 7.91. The van der Waals surface area contributed by atoms with E-state index in [0.29, 0.717) is 6.04 Å². The van der Waals surface area contributed by atoms with Crippen molar-refractivity contribution in [2.24, 2.45) is 0 Å². The molecular formula is C14H22ClNS. The standard InChI is InChI=1S/C14H22ClNS/c1-12(13-7-6-8-14(15)11-13)16-9-4-3-5-10-17-2/h6-8,11-12,16H,3-5,9-10H2,1-2H3. The number of benzene rings is 1. The van der Waals surface area contributed by atoms with Crippen molar-refractivity contribution in [1.82, 2.24) is 5.32 Å². The highest BCUT2D eigenvalue weighted by Gasteiger charge is 2.04. The van der Waals surface area contributed by atoms with E-state index < -0.39 is 0 Å². The first kappa shape index (κ1) is 14.9. The van der Waals surface area contributed by atoms with Crippen molar-refractivity contribution < 1.29 is 0 Å². The molecule has 3 heteroatoms. The van der Waals surface area contributed by atoms with Crippen molar-refractivity contribution in [2.45, 2.75) is 32.2 Å². The molecule has 1 aromatic carbocycles. The molecule has 0 heterocycles. The summed E-state index contributed by atoms with van der Waals surface area (Å²) < 4.78 is 0. The van der Waals surface area contributed by atoms with Crippen molar-refractivity contribution in [3.05, 3.63) is 34.9 Å². The Bertz CT molecular complexity index is 317. The highest BCUT2D eigenvalue weighted by atomic mass is 35.5. The van der Waals surface area contributed by atoms with Crippen LogP contribution in [0.2, 0.25) is 5.02 Å². The number of thioether (sulfide) groups is 1. The summed E-state index contributed by atoms with van der Waals surface area (Å²) in [6.45, 7) is 3.27. The molecule has 0 saturated carbocycles. The van der Waals surface area contributed by atoms with Crippen molar-refractivity contribution in [2.75, 3.05) is 18.6 Å². The zero-order chi connectivity index (χ0) is 12.5. The van der Waals surface area contributed by atoms with Crippen LogP contribution in [0.4, 0.5) is 0 Å². The Kier molecular flexibility index (Phi) is 7.74. The second-order valence-corrected chi connectivity index (χ2v) is 5.71. The van der Waals surface area contributed by atoms with Crippen LogP contribution >= 0.6 is 23.4 Å². The molecule has 0 aliphatic carbocycles. The fourth-order valence-electron chi connectivity index (χ4n) is 1.76. The first-order chi connectivity index (χ1) is 8.24. The minimum absolute atomic E-state index is 0.384. The molecule has 0 bridgehead atoms.